The number of thioether (sulfide) groups is 1. The van der Waals surface area contributed by atoms with Crippen molar-refractivity contribution in [1.29, 1.82) is 0 Å². The van der Waals surface area contributed by atoms with Gasteiger partial charge in [0.15, 0.2) is 0 Å². The van der Waals surface area contributed by atoms with Gasteiger partial charge in [0.05, 0.1) is 0 Å². The molecule has 1 nitrogen and oxygen atoms in total. The number of hydrogen-bond acceptors (Lipinski definition) is 1. The number of fused-ring (bicyclic) bond motifs is 2. The Bertz CT molecular complexity index is 510. The third-order valence-electron chi connectivity index (χ3n) is 9.19. The minimum atomic E-state index is -0.556. The van der Waals surface area contributed by atoms with Gasteiger partial charge < -0.3 is 12.7 Å². The Morgan fingerprint density at radius 3 is 2.27 bits per heavy atom. The van der Waals surface area contributed by atoms with Gasteiger partial charge in [0.25, 0.3) is 0 Å². The van der Waals surface area contributed by atoms with E-state index < -0.39 is 17.0 Å². The fourth-order valence-electron chi connectivity index (χ4n) is 7.49. The first-order chi connectivity index (χ1) is 13.9. The van der Waals surface area contributed by atoms with Crippen molar-refractivity contribution in [1.82, 2.24) is 0 Å². The molecule has 0 aromatic rings. The van der Waals surface area contributed by atoms with Crippen molar-refractivity contribution >= 4 is 30.4 Å². The Labute approximate surface area is 209 Å². The molecule has 0 aromatic carbocycles. The van der Waals surface area contributed by atoms with Gasteiger partial charge in [-0.2, -0.15) is 11.8 Å². The second kappa shape index (κ2) is 12.9. The summed E-state index contributed by atoms with van der Waals surface area (Å²) in [7, 11) is 9.78. The van der Waals surface area contributed by atoms with Crippen LogP contribution in [-0.4, -0.2) is 22.6 Å². The van der Waals surface area contributed by atoms with Crippen molar-refractivity contribution < 1.29 is 17.0 Å². The molecule has 176 valence electrons. The molecule has 0 spiro atoms. The average Bonchev–Trinajstić information content (AvgIpc) is 3.13. The molecule has 2 saturated heterocycles. The van der Waals surface area contributed by atoms with E-state index in [9.17, 15) is 0 Å². The zero-order valence-electron chi connectivity index (χ0n) is 20.1. The van der Waals surface area contributed by atoms with E-state index in [0.29, 0.717) is 12.1 Å². The fraction of sp³-hybridized carbons (Fsp3) is 0.960. The molecular weight excluding hydrogens is 465 g/mol. The zero-order chi connectivity index (χ0) is 21.1. The van der Waals surface area contributed by atoms with Gasteiger partial charge in [-0.15, -0.1) is 12.1 Å². The summed E-state index contributed by atoms with van der Waals surface area (Å²) < 4.78 is 0. The number of hydrogen-bond donors (Lipinski definition) is 0. The monoisotopic (exact) mass is 509 g/mol. The SMILES string of the molecule is CCCCC1CCC2CCCC(C3C(C)C(C)C4C(C)C(C)SC43)C2[N-]1.[CH3-].[Cl][Ti][Cl]. The van der Waals surface area contributed by atoms with Crippen LogP contribution in [0.25, 0.3) is 5.32 Å². The second-order valence-electron chi connectivity index (χ2n) is 10.5. The van der Waals surface area contributed by atoms with Crippen LogP contribution in [0.5, 0.6) is 0 Å². The van der Waals surface area contributed by atoms with Crippen LogP contribution in [0, 0.1) is 48.9 Å². The summed E-state index contributed by atoms with van der Waals surface area (Å²) in [6, 6.07) is 1.40. The summed E-state index contributed by atoms with van der Waals surface area (Å²) in [6.45, 7) is 12.6. The molecule has 2 heterocycles. The quantitative estimate of drug-likeness (QED) is 0.272. The van der Waals surface area contributed by atoms with Crippen molar-refractivity contribution in [3.63, 3.8) is 0 Å². The molecule has 11 unspecified atom stereocenters. The van der Waals surface area contributed by atoms with E-state index in [-0.39, 0.29) is 7.43 Å². The van der Waals surface area contributed by atoms with Crippen molar-refractivity contribution in [3.05, 3.63) is 12.7 Å². The van der Waals surface area contributed by atoms with Gasteiger partial charge in [-0.25, -0.2) is 0 Å². The normalized spacial score (nSPS) is 47.4. The Balaban J connectivity index is 0.000000757. The molecule has 4 rings (SSSR count). The van der Waals surface area contributed by atoms with E-state index in [1.807, 2.05) is 0 Å². The first kappa shape index (κ1) is 27.8. The number of rotatable bonds is 4. The van der Waals surface area contributed by atoms with Crippen LogP contribution in [-0.2, 0) is 17.0 Å². The molecule has 2 aliphatic heterocycles. The molecule has 0 aromatic heterocycles. The summed E-state index contributed by atoms with van der Waals surface area (Å²) in [5, 5.41) is 7.36. The van der Waals surface area contributed by atoms with Crippen LogP contribution < -0.4 is 0 Å². The Hall–Kier alpha value is 1.60. The molecule has 0 radical (unpaired) electrons. The van der Waals surface area contributed by atoms with E-state index in [0.717, 1.165) is 51.9 Å². The van der Waals surface area contributed by atoms with E-state index in [4.69, 9.17) is 23.9 Å². The van der Waals surface area contributed by atoms with E-state index in [1.54, 1.807) is 0 Å². The minimum absolute atomic E-state index is 0. The molecule has 5 heteroatoms. The van der Waals surface area contributed by atoms with Crippen molar-refractivity contribution in [2.75, 3.05) is 0 Å². The van der Waals surface area contributed by atoms with Crippen LogP contribution >= 0.6 is 30.4 Å². The number of nitrogens with zero attached hydrogens (tertiary/aromatic N) is 1. The summed E-state index contributed by atoms with van der Waals surface area (Å²) in [4.78, 5) is 0. The van der Waals surface area contributed by atoms with E-state index in [1.165, 1.54) is 51.4 Å². The van der Waals surface area contributed by atoms with Crippen molar-refractivity contribution in [3.8, 4) is 0 Å². The van der Waals surface area contributed by atoms with Crippen LogP contribution in [0.4, 0.5) is 0 Å². The molecule has 4 aliphatic rings. The maximum atomic E-state index is 5.57. The second-order valence-corrected chi connectivity index (χ2v) is 14.6. The van der Waals surface area contributed by atoms with Gasteiger partial charge in [0, 0.05) is 10.5 Å². The van der Waals surface area contributed by atoms with Gasteiger partial charge in [-0.3, -0.25) is 0 Å². The molecule has 4 fully saturated rings. The van der Waals surface area contributed by atoms with Crippen LogP contribution in [0.1, 0.15) is 86.0 Å². The molecule has 2 saturated carbocycles. The standard InChI is InChI=1S/C24H42NS.CH3.2ClH.Ti/c1-6-7-10-19-13-12-18-9-8-11-20(23(18)25-19)22-15(3)14(2)21-16(4)17(5)26-24(21)22;;;;/h14-24H,6-13H2,1-5H3;1H3;2*1H;/q2*-1;;;+2/p-2. The first-order valence-corrected chi connectivity index (χ1v) is 17.5. The third kappa shape index (κ3) is 5.80. The number of unbranched alkanes of at least 4 members (excludes halogenated alkanes) is 1. The number of piperidine rings is 1. The van der Waals surface area contributed by atoms with E-state index >= 15 is 0 Å². The summed E-state index contributed by atoms with van der Waals surface area (Å²) in [5.41, 5.74) is 0. The predicted molar refractivity (Wildman–Crippen MR) is 134 cm³/mol. The Morgan fingerprint density at radius 1 is 0.933 bits per heavy atom. The third-order valence-corrected chi connectivity index (χ3v) is 11.0. The van der Waals surface area contributed by atoms with Gasteiger partial charge in [0.1, 0.15) is 0 Å². The zero-order valence-corrected chi connectivity index (χ0v) is 24.0. The molecular formula is C25H45Cl2NSTi-2. The van der Waals surface area contributed by atoms with Crippen LogP contribution in [0.3, 0.4) is 0 Å². The molecule has 0 amide bonds. The Kier molecular flexibility index (Phi) is 12.0. The molecule has 2 aliphatic carbocycles. The Morgan fingerprint density at radius 2 is 1.60 bits per heavy atom. The van der Waals surface area contributed by atoms with Crippen LogP contribution in [0.15, 0.2) is 0 Å². The first-order valence-electron chi connectivity index (χ1n) is 12.3. The van der Waals surface area contributed by atoms with Gasteiger partial charge in [-0.05, 0) is 29.6 Å². The molecule has 30 heavy (non-hydrogen) atoms. The van der Waals surface area contributed by atoms with Gasteiger partial charge >= 0.3 is 35.6 Å². The maximum absolute atomic E-state index is 5.57. The molecule has 0 N–H and O–H groups in total. The van der Waals surface area contributed by atoms with Gasteiger partial charge in [-0.1, -0.05) is 97.8 Å². The summed E-state index contributed by atoms with van der Waals surface area (Å²) >= 11 is 1.81. The van der Waals surface area contributed by atoms with Crippen molar-refractivity contribution in [2.24, 2.45) is 41.4 Å². The molecule has 0 bridgehead atoms. The van der Waals surface area contributed by atoms with E-state index in [2.05, 4.69) is 46.4 Å². The predicted octanol–water partition coefficient (Wildman–Crippen LogP) is 8.98. The topological polar surface area (TPSA) is 14.1 Å². The van der Waals surface area contributed by atoms with Gasteiger partial charge in [0.2, 0.25) is 0 Å². The van der Waals surface area contributed by atoms with Crippen molar-refractivity contribution in [2.45, 2.75) is 109 Å². The summed E-state index contributed by atoms with van der Waals surface area (Å²) in [5.74, 6) is 6.46. The number of halogens is 2. The summed E-state index contributed by atoms with van der Waals surface area (Å²) in [6.07, 6.45) is 11.3. The van der Waals surface area contributed by atoms with Crippen LogP contribution in [0.2, 0.25) is 0 Å². The average molecular weight is 510 g/mol. The molecule has 11 atom stereocenters. The fourth-order valence-corrected chi connectivity index (χ4v) is 9.72.